The first-order valence-electron chi connectivity index (χ1n) is 8.97. The molecule has 1 aromatic carbocycles. The Kier molecular flexibility index (Phi) is 6.54. The second-order valence-corrected chi connectivity index (χ2v) is 6.64. The van der Waals surface area contributed by atoms with Crippen LogP contribution in [0.1, 0.15) is 6.42 Å². The summed E-state index contributed by atoms with van der Waals surface area (Å²) >= 11 is 0. The third-order valence-electron chi connectivity index (χ3n) is 4.64. The van der Waals surface area contributed by atoms with Crippen LogP contribution in [0.25, 0.3) is 0 Å². The second kappa shape index (κ2) is 9.07. The standard InChI is InChI=1S/C18H25FN4O3/c19-14-1-3-15(4-2-14)21-17(24)12-22-6-8-23(9-7-22)18(25)11-16-13-26-10-5-20-16/h1-4,16,20H,5-13H2,(H,21,24). The zero-order valence-corrected chi connectivity index (χ0v) is 14.7. The molecule has 0 aromatic heterocycles. The van der Waals surface area contributed by atoms with Gasteiger partial charge in [0.2, 0.25) is 11.8 Å². The van der Waals surface area contributed by atoms with Crippen LogP contribution in [0.4, 0.5) is 10.1 Å². The van der Waals surface area contributed by atoms with Gasteiger partial charge in [-0.05, 0) is 24.3 Å². The molecule has 0 spiro atoms. The minimum Gasteiger partial charge on any atom is -0.378 e. The Bertz CT molecular complexity index is 611. The number of nitrogens with zero attached hydrogens (tertiary/aromatic N) is 2. The molecule has 2 N–H and O–H groups in total. The number of piperazine rings is 1. The normalized spacial score (nSPS) is 21.4. The monoisotopic (exact) mass is 364 g/mol. The molecule has 7 nitrogen and oxygen atoms in total. The molecule has 1 unspecified atom stereocenters. The average Bonchev–Trinajstić information content (AvgIpc) is 2.65. The highest BCUT2D eigenvalue weighted by Crippen LogP contribution is 2.10. The van der Waals surface area contributed by atoms with Crippen LogP contribution in [-0.2, 0) is 14.3 Å². The summed E-state index contributed by atoms with van der Waals surface area (Å²) in [5, 5.41) is 6.05. The smallest absolute Gasteiger partial charge is 0.238 e. The van der Waals surface area contributed by atoms with E-state index in [1.807, 2.05) is 9.80 Å². The van der Waals surface area contributed by atoms with E-state index < -0.39 is 0 Å². The lowest BCUT2D eigenvalue weighted by Crippen LogP contribution is -2.52. The minimum absolute atomic E-state index is 0.0933. The number of morpholine rings is 1. The van der Waals surface area contributed by atoms with Gasteiger partial charge in [0.15, 0.2) is 0 Å². The Labute approximate surface area is 152 Å². The second-order valence-electron chi connectivity index (χ2n) is 6.64. The Morgan fingerprint density at radius 2 is 1.92 bits per heavy atom. The SMILES string of the molecule is O=C(CN1CCN(C(=O)CC2COCCN2)CC1)Nc1ccc(F)cc1. The van der Waals surface area contributed by atoms with Crippen molar-refractivity contribution in [1.29, 1.82) is 0 Å². The molecule has 2 fully saturated rings. The van der Waals surface area contributed by atoms with Gasteiger partial charge in [-0.3, -0.25) is 14.5 Å². The lowest BCUT2D eigenvalue weighted by atomic mass is 10.1. The van der Waals surface area contributed by atoms with Crippen molar-refractivity contribution in [1.82, 2.24) is 15.1 Å². The van der Waals surface area contributed by atoms with E-state index in [1.54, 1.807) is 0 Å². The van der Waals surface area contributed by atoms with Crippen LogP contribution in [0.15, 0.2) is 24.3 Å². The van der Waals surface area contributed by atoms with Gasteiger partial charge in [0.05, 0.1) is 19.8 Å². The molecule has 1 aromatic rings. The van der Waals surface area contributed by atoms with Crippen LogP contribution in [0.3, 0.4) is 0 Å². The summed E-state index contributed by atoms with van der Waals surface area (Å²) in [7, 11) is 0. The number of rotatable bonds is 5. The molecule has 2 saturated heterocycles. The summed E-state index contributed by atoms with van der Waals surface area (Å²) in [6.45, 7) is 4.89. The van der Waals surface area contributed by atoms with Crippen molar-refractivity contribution < 1.29 is 18.7 Å². The largest absolute Gasteiger partial charge is 0.378 e. The van der Waals surface area contributed by atoms with E-state index in [2.05, 4.69) is 10.6 Å². The van der Waals surface area contributed by atoms with Crippen molar-refractivity contribution in [2.45, 2.75) is 12.5 Å². The topological polar surface area (TPSA) is 73.9 Å². The summed E-state index contributed by atoms with van der Waals surface area (Å²) in [5.74, 6) is -0.345. The fourth-order valence-electron chi connectivity index (χ4n) is 3.18. The number of carbonyl (C=O) groups is 2. The molecule has 2 aliphatic rings. The Morgan fingerprint density at radius 3 is 2.58 bits per heavy atom. The zero-order chi connectivity index (χ0) is 18.4. The van der Waals surface area contributed by atoms with Gasteiger partial charge in [-0.1, -0.05) is 0 Å². The molecule has 3 rings (SSSR count). The molecule has 26 heavy (non-hydrogen) atoms. The molecule has 8 heteroatoms. The molecule has 0 radical (unpaired) electrons. The van der Waals surface area contributed by atoms with Gasteiger partial charge >= 0.3 is 0 Å². The lowest BCUT2D eigenvalue weighted by molar-refractivity contribution is -0.134. The van der Waals surface area contributed by atoms with E-state index in [-0.39, 0.29) is 30.2 Å². The first-order chi connectivity index (χ1) is 12.6. The van der Waals surface area contributed by atoms with E-state index in [9.17, 15) is 14.0 Å². The molecule has 2 heterocycles. The summed E-state index contributed by atoms with van der Waals surface area (Å²) in [6.07, 6.45) is 0.449. The van der Waals surface area contributed by atoms with Gasteiger partial charge in [-0.2, -0.15) is 0 Å². The molecule has 142 valence electrons. The predicted octanol–water partition coefficient (Wildman–Crippen LogP) is 0.287. The van der Waals surface area contributed by atoms with Crippen LogP contribution >= 0.6 is 0 Å². The van der Waals surface area contributed by atoms with Gasteiger partial charge in [-0.15, -0.1) is 0 Å². The highest BCUT2D eigenvalue weighted by Gasteiger charge is 2.25. The van der Waals surface area contributed by atoms with Crippen LogP contribution in [0.5, 0.6) is 0 Å². The van der Waals surface area contributed by atoms with Crippen molar-refractivity contribution >= 4 is 17.5 Å². The highest BCUT2D eigenvalue weighted by molar-refractivity contribution is 5.92. The van der Waals surface area contributed by atoms with E-state index in [0.29, 0.717) is 51.5 Å². The Hall–Kier alpha value is -2.03. The third kappa shape index (κ3) is 5.48. The predicted molar refractivity (Wildman–Crippen MR) is 95.3 cm³/mol. The fraction of sp³-hybridized carbons (Fsp3) is 0.556. The zero-order valence-electron chi connectivity index (χ0n) is 14.7. The Morgan fingerprint density at radius 1 is 1.19 bits per heavy atom. The van der Waals surface area contributed by atoms with E-state index >= 15 is 0 Å². The Balaban J connectivity index is 1.38. The fourth-order valence-corrected chi connectivity index (χ4v) is 3.18. The van der Waals surface area contributed by atoms with Gasteiger partial charge in [0.25, 0.3) is 0 Å². The van der Waals surface area contributed by atoms with Crippen LogP contribution in [0.2, 0.25) is 0 Å². The highest BCUT2D eigenvalue weighted by atomic mass is 19.1. The molecule has 1 atom stereocenters. The first-order valence-corrected chi connectivity index (χ1v) is 8.97. The summed E-state index contributed by atoms with van der Waals surface area (Å²) < 4.78 is 18.3. The maximum Gasteiger partial charge on any atom is 0.238 e. The number of hydrogen-bond acceptors (Lipinski definition) is 5. The van der Waals surface area contributed by atoms with Crippen molar-refractivity contribution in [2.24, 2.45) is 0 Å². The van der Waals surface area contributed by atoms with Crippen molar-refractivity contribution in [3.8, 4) is 0 Å². The number of anilines is 1. The first kappa shape index (κ1) is 18.8. The minimum atomic E-state index is -0.334. The van der Waals surface area contributed by atoms with Crippen molar-refractivity contribution in [3.05, 3.63) is 30.1 Å². The summed E-state index contributed by atoms with van der Waals surface area (Å²) in [4.78, 5) is 28.3. The molecule has 0 saturated carbocycles. The number of ether oxygens (including phenoxy) is 1. The van der Waals surface area contributed by atoms with Gasteiger partial charge in [-0.25, -0.2) is 4.39 Å². The number of carbonyl (C=O) groups excluding carboxylic acids is 2. The van der Waals surface area contributed by atoms with Crippen LogP contribution < -0.4 is 10.6 Å². The lowest BCUT2D eigenvalue weighted by Gasteiger charge is -2.35. The molecule has 2 aliphatic heterocycles. The van der Waals surface area contributed by atoms with Crippen LogP contribution in [0, 0.1) is 5.82 Å². The maximum absolute atomic E-state index is 12.9. The van der Waals surface area contributed by atoms with E-state index in [0.717, 1.165) is 6.54 Å². The summed E-state index contributed by atoms with van der Waals surface area (Å²) in [5.41, 5.74) is 0.576. The van der Waals surface area contributed by atoms with E-state index in [4.69, 9.17) is 4.74 Å². The molecule has 0 aliphatic carbocycles. The van der Waals surface area contributed by atoms with E-state index in [1.165, 1.54) is 24.3 Å². The number of halogens is 1. The quantitative estimate of drug-likeness (QED) is 0.786. The molecule has 2 amide bonds. The molecular weight excluding hydrogens is 339 g/mol. The van der Waals surface area contributed by atoms with Gasteiger partial charge in [0, 0.05) is 50.9 Å². The van der Waals surface area contributed by atoms with Crippen LogP contribution in [-0.4, -0.2) is 80.1 Å². The maximum atomic E-state index is 12.9. The van der Waals surface area contributed by atoms with Crippen molar-refractivity contribution in [2.75, 3.05) is 57.8 Å². The molecule has 0 bridgehead atoms. The third-order valence-corrected chi connectivity index (χ3v) is 4.64. The van der Waals surface area contributed by atoms with Gasteiger partial charge in [0.1, 0.15) is 5.82 Å². The van der Waals surface area contributed by atoms with Gasteiger partial charge < -0.3 is 20.3 Å². The number of hydrogen-bond donors (Lipinski definition) is 2. The molecular formula is C18H25FN4O3. The van der Waals surface area contributed by atoms with Crippen molar-refractivity contribution in [3.63, 3.8) is 0 Å². The average molecular weight is 364 g/mol. The number of nitrogens with one attached hydrogen (secondary N) is 2. The number of benzene rings is 1. The number of amides is 2. The summed E-state index contributed by atoms with van der Waals surface area (Å²) in [6, 6.07) is 5.79.